The van der Waals surface area contributed by atoms with Gasteiger partial charge in [-0.1, -0.05) is 0 Å². The molecule has 1 N–H and O–H groups in total. The lowest BCUT2D eigenvalue weighted by Crippen LogP contribution is -2.28. The van der Waals surface area contributed by atoms with Crippen molar-refractivity contribution in [3.63, 3.8) is 0 Å². The predicted molar refractivity (Wildman–Crippen MR) is 70.0 cm³/mol. The molecule has 2 aromatic rings. The summed E-state index contributed by atoms with van der Waals surface area (Å²) >= 11 is 0. The fourth-order valence-electron chi connectivity index (χ4n) is 2.71. The highest BCUT2D eigenvalue weighted by Crippen LogP contribution is 2.26. The molecule has 0 saturated carbocycles. The van der Waals surface area contributed by atoms with E-state index in [9.17, 15) is 4.79 Å². The molecule has 1 atom stereocenters. The topological polar surface area (TPSA) is 60.1 Å². The van der Waals surface area contributed by atoms with Crippen LogP contribution in [0.15, 0.2) is 16.8 Å². The third-order valence-corrected chi connectivity index (χ3v) is 3.81. The van der Waals surface area contributed by atoms with E-state index in [1.54, 1.807) is 6.20 Å². The van der Waals surface area contributed by atoms with E-state index in [4.69, 9.17) is 4.42 Å². The molecule has 5 heteroatoms. The van der Waals surface area contributed by atoms with E-state index in [0.29, 0.717) is 11.3 Å². The molecule has 0 aliphatic carbocycles. The highest BCUT2D eigenvalue weighted by molar-refractivity contribution is 5.97. The normalized spacial score (nSPS) is 17.5. The van der Waals surface area contributed by atoms with Gasteiger partial charge in [-0.15, -0.1) is 0 Å². The molecule has 0 spiro atoms. The number of aromatic nitrogens is 2. The average Bonchev–Trinajstić information content (AvgIpc) is 2.99. The lowest BCUT2D eigenvalue weighted by molar-refractivity contribution is 0.0934. The molecule has 1 unspecified atom stereocenters. The van der Waals surface area contributed by atoms with Gasteiger partial charge in [-0.05, 0) is 27.2 Å². The van der Waals surface area contributed by atoms with E-state index in [2.05, 4.69) is 14.9 Å². The fourth-order valence-corrected chi connectivity index (χ4v) is 2.71. The SMILES string of the molecule is Cc1oc(C)c(C(=O)NC2CCn3ccnc32)c1C. The monoisotopic (exact) mass is 259 g/mol. The number of nitrogens with zero attached hydrogens (tertiary/aromatic N) is 2. The molecule has 3 heterocycles. The van der Waals surface area contributed by atoms with Crippen molar-refractivity contribution in [3.8, 4) is 0 Å². The summed E-state index contributed by atoms with van der Waals surface area (Å²) in [5.74, 6) is 2.33. The van der Waals surface area contributed by atoms with Gasteiger partial charge in [0.2, 0.25) is 0 Å². The van der Waals surface area contributed by atoms with Crippen molar-refractivity contribution in [3.05, 3.63) is 40.9 Å². The minimum Gasteiger partial charge on any atom is -0.466 e. The van der Waals surface area contributed by atoms with Crippen molar-refractivity contribution in [2.45, 2.75) is 39.8 Å². The second-order valence-corrected chi connectivity index (χ2v) is 5.01. The largest absolute Gasteiger partial charge is 0.466 e. The zero-order valence-corrected chi connectivity index (χ0v) is 11.4. The van der Waals surface area contributed by atoms with Gasteiger partial charge in [-0.3, -0.25) is 4.79 Å². The van der Waals surface area contributed by atoms with Gasteiger partial charge in [0.05, 0.1) is 11.6 Å². The van der Waals surface area contributed by atoms with Crippen LogP contribution in [0.2, 0.25) is 0 Å². The van der Waals surface area contributed by atoms with Crippen molar-refractivity contribution < 1.29 is 9.21 Å². The first-order chi connectivity index (χ1) is 9.08. The number of rotatable bonds is 2. The van der Waals surface area contributed by atoms with E-state index < -0.39 is 0 Å². The summed E-state index contributed by atoms with van der Waals surface area (Å²) in [6.45, 7) is 6.52. The molecular formula is C14H17N3O2. The van der Waals surface area contributed by atoms with Crippen molar-refractivity contribution in [1.29, 1.82) is 0 Å². The number of hydrogen-bond donors (Lipinski definition) is 1. The van der Waals surface area contributed by atoms with Crippen LogP contribution in [0.3, 0.4) is 0 Å². The number of carbonyl (C=O) groups excluding carboxylic acids is 1. The maximum atomic E-state index is 12.4. The molecule has 0 fully saturated rings. The molecular weight excluding hydrogens is 242 g/mol. The molecule has 3 rings (SSSR count). The Morgan fingerprint density at radius 3 is 2.89 bits per heavy atom. The Bertz CT molecular complexity index is 639. The molecule has 0 saturated heterocycles. The Morgan fingerprint density at radius 1 is 1.42 bits per heavy atom. The summed E-state index contributed by atoms with van der Waals surface area (Å²) in [5.41, 5.74) is 1.57. The number of amides is 1. The van der Waals surface area contributed by atoms with E-state index >= 15 is 0 Å². The summed E-state index contributed by atoms with van der Waals surface area (Å²) in [7, 11) is 0. The van der Waals surface area contributed by atoms with Gasteiger partial charge in [0.15, 0.2) is 0 Å². The van der Waals surface area contributed by atoms with Crippen LogP contribution in [-0.4, -0.2) is 15.5 Å². The highest BCUT2D eigenvalue weighted by atomic mass is 16.3. The third kappa shape index (κ3) is 1.85. The Hall–Kier alpha value is -2.04. The molecule has 0 bridgehead atoms. The van der Waals surface area contributed by atoms with Crippen LogP contribution < -0.4 is 5.32 Å². The van der Waals surface area contributed by atoms with Crippen LogP contribution in [0.5, 0.6) is 0 Å². The van der Waals surface area contributed by atoms with Crippen molar-refractivity contribution >= 4 is 5.91 Å². The smallest absolute Gasteiger partial charge is 0.255 e. The predicted octanol–water partition coefficient (Wildman–Crippen LogP) is 2.28. The summed E-state index contributed by atoms with van der Waals surface area (Å²) in [6.07, 6.45) is 4.61. The van der Waals surface area contributed by atoms with Gasteiger partial charge >= 0.3 is 0 Å². The Morgan fingerprint density at radius 2 is 2.21 bits per heavy atom. The minimum absolute atomic E-state index is 0.00324. The van der Waals surface area contributed by atoms with Crippen LogP contribution in [0.1, 0.15) is 45.7 Å². The van der Waals surface area contributed by atoms with E-state index in [1.807, 2.05) is 27.0 Å². The first kappa shape index (κ1) is 12.0. The molecule has 1 aliphatic rings. The minimum atomic E-state index is -0.0756. The van der Waals surface area contributed by atoms with Crippen LogP contribution >= 0.6 is 0 Å². The zero-order chi connectivity index (χ0) is 13.6. The maximum Gasteiger partial charge on any atom is 0.255 e. The first-order valence-electron chi connectivity index (χ1n) is 6.46. The van der Waals surface area contributed by atoms with Gasteiger partial charge in [-0.2, -0.15) is 0 Å². The summed E-state index contributed by atoms with van der Waals surface area (Å²) in [4.78, 5) is 16.7. The summed E-state index contributed by atoms with van der Waals surface area (Å²) in [5, 5.41) is 3.05. The van der Waals surface area contributed by atoms with Crippen LogP contribution in [0.25, 0.3) is 0 Å². The van der Waals surface area contributed by atoms with Crippen LogP contribution in [-0.2, 0) is 6.54 Å². The van der Waals surface area contributed by atoms with Gasteiger partial charge in [0, 0.05) is 24.5 Å². The van der Waals surface area contributed by atoms with Crippen LogP contribution in [0, 0.1) is 20.8 Å². The van der Waals surface area contributed by atoms with Gasteiger partial charge in [0.25, 0.3) is 5.91 Å². The number of aryl methyl sites for hydroxylation is 3. The van der Waals surface area contributed by atoms with Crippen LogP contribution in [0.4, 0.5) is 0 Å². The molecule has 100 valence electrons. The molecule has 1 amide bonds. The van der Waals surface area contributed by atoms with Gasteiger partial charge < -0.3 is 14.3 Å². The fraction of sp³-hybridized carbons (Fsp3) is 0.429. The quantitative estimate of drug-likeness (QED) is 0.900. The Kier molecular flexibility index (Phi) is 2.69. The lowest BCUT2D eigenvalue weighted by Gasteiger charge is -2.11. The van der Waals surface area contributed by atoms with E-state index in [0.717, 1.165) is 30.1 Å². The zero-order valence-electron chi connectivity index (χ0n) is 11.4. The maximum absolute atomic E-state index is 12.4. The number of imidazole rings is 1. The molecule has 19 heavy (non-hydrogen) atoms. The first-order valence-corrected chi connectivity index (χ1v) is 6.46. The van der Waals surface area contributed by atoms with Gasteiger partial charge in [-0.25, -0.2) is 4.98 Å². The number of hydrogen-bond acceptors (Lipinski definition) is 3. The standard InChI is InChI=1S/C14H17N3O2/c1-8-9(2)19-10(3)12(8)14(18)16-11-4-6-17-7-5-15-13(11)17/h5,7,11H,4,6H2,1-3H3,(H,16,18). The van der Waals surface area contributed by atoms with Crippen molar-refractivity contribution in [2.75, 3.05) is 0 Å². The second-order valence-electron chi connectivity index (χ2n) is 5.01. The van der Waals surface area contributed by atoms with Gasteiger partial charge in [0.1, 0.15) is 17.3 Å². The molecule has 0 radical (unpaired) electrons. The second kappa shape index (κ2) is 4.26. The third-order valence-electron chi connectivity index (χ3n) is 3.81. The van der Waals surface area contributed by atoms with E-state index in [-0.39, 0.29) is 11.9 Å². The average molecular weight is 259 g/mol. The summed E-state index contributed by atoms with van der Waals surface area (Å²) < 4.78 is 7.58. The van der Waals surface area contributed by atoms with Crippen molar-refractivity contribution in [1.82, 2.24) is 14.9 Å². The van der Waals surface area contributed by atoms with E-state index in [1.165, 1.54) is 0 Å². The number of carbonyl (C=O) groups is 1. The summed E-state index contributed by atoms with van der Waals surface area (Å²) in [6, 6.07) is -0.00324. The highest BCUT2D eigenvalue weighted by Gasteiger charge is 2.27. The molecule has 2 aromatic heterocycles. The number of furan rings is 1. The van der Waals surface area contributed by atoms with Crippen molar-refractivity contribution in [2.24, 2.45) is 0 Å². The molecule has 5 nitrogen and oxygen atoms in total. The number of nitrogens with one attached hydrogen (secondary N) is 1. The lowest BCUT2D eigenvalue weighted by atomic mass is 10.1. The molecule has 1 aliphatic heterocycles. The Labute approximate surface area is 111 Å². The Balaban J connectivity index is 1.83. The number of fused-ring (bicyclic) bond motifs is 1. The molecule has 0 aromatic carbocycles.